The Kier molecular flexibility index (Phi) is 4.66. The molecule has 2 rings (SSSR count). The van der Waals surface area contributed by atoms with Crippen LogP contribution in [0, 0.1) is 0 Å². The largest absolute Gasteiger partial charge is 0.354 e. The number of hydrogen-bond acceptors (Lipinski definition) is 1. The Labute approximate surface area is 105 Å². The summed E-state index contributed by atoms with van der Waals surface area (Å²) >= 11 is 0. The molecule has 0 aliphatic heterocycles. The van der Waals surface area contributed by atoms with Crippen LogP contribution in [-0.2, 0) is 13.0 Å². The maximum Gasteiger partial charge on any atom is 0.0338 e. The van der Waals surface area contributed by atoms with Crippen LogP contribution in [0.5, 0.6) is 0 Å². The van der Waals surface area contributed by atoms with E-state index in [0.717, 1.165) is 13.1 Å². The van der Waals surface area contributed by atoms with Crippen LogP contribution in [-0.4, -0.2) is 11.1 Å². The third-order valence-corrected chi connectivity index (χ3v) is 3.68. The van der Waals surface area contributed by atoms with Crippen LogP contribution in [0.1, 0.15) is 63.1 Å². The van der Waals surface area contributed by atoms with Gasteiger partial charge in [-0.3, -0.25) is 0 Å². The van der Waals surface area contributed by atoms with Crippen LogP contribution in [0.2, 0.25) is 0 Å². The highest BCUT2D eigenvalue weighted by atomic mass is 15.0. The van der Waals surface area contributed by atoms with Gasteiger partial charge in [-0.05, 0) is 49.8 Å². The first-order chi connectivity index (χ1) is 8.35. The molecule has 1 aromatic rings. The van der Waals surface area contributed by atoms with Crippen LogP contribution >= 0.6 is 0 Å². The summed E-state index contributed by atoms with van der Waals surface area (Å²) in [6.07, 6.45) is 12.5. The number of hydrogen-bond donors (Lipinski definition) is 1. The minimum Gasteiger partial charge on any atom is -0.354 e. The van der Waals surface area contributed by atoms with Gasteiger partial charge in [-0.25, -0.2) is 0 Å². The molecule has 0 amide bonds. The second-order valence-corrected chi connectivity index (χ2v) is 5.23. The molecule has 0 saturated heterocycles. The SMILES string of the molecule is CCCNC1CCCCc2cn(CCC)cc21. The van der Waals surface area contributed by atoms with Gasteiger partial charge in [0.15, 0.2) is 0 Å². The first kappa shape index (κ1) is 12.7. The molecular formula is C15H26N2. The fourth-order valence-electron chi connectivity index (χ4n) is 2.83. The summed E-state index contributed by atoms with van der Waals surface area (Å²) in [5.74, 6) is 0. The molecule has 1 aliphatic rings. The van der Waals surface area contributed by atoms with Crippen molar-refractivity contribution >= 4 is 0 Å². The minimum atomic E-state index is 0.602. The molecule has 1 aromatic heterocycles. The molecule has 0 spiro atoms. The van der Waals surface area contributed by atoms with Gasteiger partial charge in [-0.1, -0.05) is 20.3 Å². The number of nitrogens with zero attached hydrogens (tertiary/aromatic N) is 1. The smallest absolute Gasteiger partial charge is 0.0338 e. The van der Waals surface area contributed by atoms with Crippen LogP contribution in [0.25, 0.3) is 0 Å². The molecule has 2 nitrogen and oxygen atoms in total. The second-order valence-electron chi connectivity index (χ2n) is 5.23. The second kappa shape index (κ2) is 6.25. The lowest BCUT2D eigenvalue weighted by molar-refractivity contribution is 0.487. The molecular weight excluding hydrogens is 208 g/mol. The Morgan fingerprint density at radius 3 is 2.88 bits per heavy atom. The first-order valence-corrected chi connectivity index (χ1v) is 7.27. The van der Waals surface area contributed by atoms with Crippen LogP contribution in [0.15, 0.2) is 12.4 Å². The highest BCUT2D eigenvalue weighted by Crippen LogP contribution is 2.29. The minimum absolute atomic E-state index is 0.602. The molecule has 0 saturated carbocycles. The van der Waals surface area contributed by atoms with E-state index < -0.39 is 0 Å². The van der Waals surface area contributed by atoms with E-state index >= 15 is 0 Å². The van der Waals surface area contributed by atoms with Gasteiger partial charge in [-0.15, -0.1) is 0 Å². The average Bonchev–Trinajstić information content (AvgIpc) is 2.63. The lowest BCUT2D eigenvalue weighted by Gasteiger charge is -2.16. The Morgan fingerprint density at radius 1 is 1.24 bits per heavy atom. The summed E-state index contributed by atoms with van der Waals surface area (Å²) in [6.45, 7) is 6.79. The summed E-state index contributed by atoms with van der Waals surface area (Å²) in [7, 11) is 0. The number of fused-ring (bicyclic) bond motifs is 1. The summed E-state index contributed by atoms with van der Waals surface area (Å²) < 4.78 is 2.39. The fourth-order valence-corrected chi connectivity index (χ4v) is 2.83. The molecule has 1 atom stereocenters. The molecule has 0 fully saturated rings. The van der Waals surface area contributed by atoms with Crippen molar-refractivity contribution in [2.45, 2.75) is 65.0 Å². The van der Waals surface area contributed by atoms with Crippen LogP contribution in [0.3, 0.4) is 0 Å². The van der Waals surface area contributed by atoms with Gasteiger partial charge in [0.1, 0.15) is 0 Å². The third-order valence-electron chi connectivity index (χ3n) is 3.68. The van der Waals surface area contributed by atoms with Gasteiger partial charge in [-0.2, -0.15) is 0 Å². The predicted molar refractivity (Wildman–Crippen MR) is 73.3 cm³/mol. The van der Waals surface area contributed by atoms with Crippen LogP contribution in [0.4, 0.5) is 0 Å². The molecule has 17 heavy (non-hydrogen) atoms. The van der Waals surface area contributed by atoms with Gasteiger partial charge in [0.05, 0.1) is 0 Å². The van der Waals surface area contributed by atoms with Crippen molar-refractivity contribution in [2.24, 2.45) is 0 Å². The summed E-state index contributed by atoms with van der Waals surface area (Å²) in [4.78, 5) is 0. The molecule has 0 bridgehead atoms. The monoisotopic (exact) mass is 234 g/mol. The van der Waals surface area contributed by atoms with Crippen molar-refractivity contribution in [1.82, 2.24) is 9.88 Å². The fraction of sp³-hybridized carbons (Fsp3) is 0.733. The molecule has 1 N–H and O–H groups in total. The molecule has 1 heterocycles. The van der Waals surface area contributed by atoms with E-state index in [1.165, 1.54) is 38.5 Å². The van der Waals surface area contributed by atoms with E-state index in [1.807, 2.05) is 0 Å². The molecule has 1 unspecified atom stereocenters. The summed E-state index contributed by atoms with van der Waals surface area (Å²) in [5.41, 5.74) is 3.16. The molecule has 0 radical (unpaired) electrons. The summed E-state index contributed by atoms with van der Waals surface area (Å²) in [6, 6.07) is 0.602. The van der Waals surface area contributed by atoms with Crippen molar-refractivity contribution in [3.05, 3.63) is 23.5 Å². The average molecular weight is 234 g/mol. The van der Waals surface area contributed by atoms with E-state index in [9.17, 15) is 0 Å². The number of aryl methyl sites for hydroxylation is 2. The zero-order valence-electron chi connectivity index (χ0n) is 11.3. The molecule has 0 aromatic carbocycles. The summed E-state index contributed by atoms with van der Waals surface area (Å²) in [5, 5.41) is 3.71. The Bertz CT molecular complexity index is 341. The van der Waals surface area contributed by atoms with Gasteiger partial charge in [0, 0.05) is 25.0 Å². The van der Waals surface area contributed by atoms with E-state index in [4.69, 9.17) is 0 Å². The Morgan fingerprint density at radius 2 is 2.12 bits per heavy atom. The Hall–Kier alpha value is -0.760. The number of aromatic nitrogens is 1. The first-order valence-electron chi connectivity index (χ1n) is 7.27. The Balaban J connectivity index is 2.14. The van der Waals surface area contributed by atoms with E-state index in [2.05, 4.69) is 36.1 Å². The number of nitrogens with one attached hydrogen (secondary N) is 1. The maximum absolute atomic E-state index is 3.71. The van der Waals surface area contributed by atoms with E-state index in [-0.39, 0.29) is 0 Å². The highest BCUT2D eigenvalue weighted by molar-refractivity contribution is 5.29. The van der Waals surface area contributed by atoms with Gasteiger partial charge >= 0.3 is 0 Å². The van der Waals surface area contributed by atoms with Crippen molar-refractivity contribution < 1.29 is 0 Å². The maximum atomic E-state index is 3.71. The van der Waals surface area contributed by atoms with Gasteiger partial charge in [0.2, 0.25) is 0 Å². The lowest BCUT2D eigenvalue weighted by atomic mass is 10.0. The van der Waals surface area contributed by atoms with Gasteiger partial charge < -0.3 is 9.88 Å². The quantitative estimate of drug-likeness (QED) is 0.769. The van der Waals surface area contributed by atoms with Crippen molar-refractivity contribution in [2.75, 3.05) is 6.54 Å². The normalized spacial score (nSPS) is 20.0. The molecule has 2 heteroatoms. The predicted octanol–water partition coefficient (Wildman–Crippen LogP) is 3.67. The van der Waals surface area contributed by atoms with E-state index in [1.54, 1.807) is 11.1 Å². The van der Waals surface area contributed by atoms with E-state index in [0.29, 0.717) is 6.04 Å². The lowest BCUT2D eigenvalue weighted by Crippen LogP contribution is -2.21. The molecule has 96 valence electrons. The third kappa shape index (κ3) is 3.12. The van der Waals surface area contributed by atoms with Crippen molar-refractivity contribution in [1.29, 1.82) is 0 Å². The van der Waals surface area contributed by atoms with Crippen LogP contribution < -0.4 is 5.32 Å². The standard InChI is InChI=1S/C15H26N2/c1-3-9-16-15-8-6-5-7-13-11-17(10-4-2)12-14(13)15/h11-12,15-16H,3-10H2,1-2H3. The number of rotatable bonds is 5. The zero-order valence-corrected chi connectivity index (χ0v) is 11.3. The zero-order chi connectivity index (χ0) is 12.1. The highest BCUT2D eigenvalue weighted by Gasteiger charge is 2.19. The van der Waals surface area contributed by atoms with Crippen molar-refractivity contribution in [3.63, 3.8) is 0 Å². The van der Waals surface area contributed by atoms with Crippen molar-refractivity contribution in [3.8, 4) is 0 Å². The topological polar surface area (TPSA) is 17.0 Å². The van der Waals surface area contributed by atoms with Gasteiger partial charge in [0.25, 0.3) is 0 Å². The molecule has 1 aliphatic carbocycles.